The molecule has 3 rings (SSSR count). The van der Waals surface area contributed by atoms with E-state index < -0.39 is 17.8 Å². The zero-order valence-corrected chi connectivity index (χ0v) is 18.0. The number of hydrogen-bond acceptors (Lipinski definition) is 4. The number of barbiturate groups is 1. The van der Waals surface area contributed by atoms with E-state index in [9.17, 15) is 14.4 Å². The molecule has 0 aliphatic carbocycles. The standard InChI is InChI=1S/C22H21BrN2O4/c1-4-9-29-19-8-7-16(23)11-15(19)12-17-20(26)24-22(28)25(21(17)27)18-10-13(2)5-6-14(18)3/h5-8,10-12H,4,9H2,1-3H3,(H,24,26,28)/b17-12+. The first-order chi connectivity index (χ1) is 13.8. The van der Waals surface area contributed by atoms with Crippen LogP contribution in [-0.4, -0.2) is 24.5 Å². The summed E-state index contributed by atoms with van der Waals surface area (Å²) in [4.78, 5) is 39.1. The Morgan fingerprint density at radius 3 is 2.59 bits per heavy atom. The van der Waals surface area contributed by atoms with Crippen molar-refractivity contribution < 1.29 is 19.1 Å². The largest absolute Gasteiger partial charge is 0.493 e. The van der Waals surface area contributed by atoms with E-state index in [0.29, 0.717) is 23.6 Å². The summed E-state index contributed by atoms with van der Waals surface area (Å²) in [5, 5.41) is 2.26. The second kappa shape index (κ2) is 8.61. The van der Waals surface area contributed by atoms with Crippen molar-refractivity contribution in [1.82, 2.24) is 5.32 Å². The summed E-state index contributed by atoms with van der Waals surface area (Å²) in [6, 6.07) is 10.1. The molecule has 1 saturated heterocycles. The highest BCUT2D eigenvalue weighted by Gasteiger charge is 2.37. The van der Waals surface area contributed by atoms with Crippen molar-refractivity contribution in [2.75, 3.05) is 11.5 Å². The number of aryl methyl sites for hydroxylation is 2. The van der Waals surface area contributed by atoms with Gasteiger partial charge in [0.15, 0.2) is 0 Å². The average Bonchev–Trinajstić information content (AvgIpc) is 2.67. The summed E-state index contributed by atoms with van der Waals surface area (Å²) in [5.74, 6) is -0.852. The van der Waals surface area contributed by atoms with Crippen LogP contribution < -0.4 is 15.0 Å². The number of halogens is 1. The van der Waals surface area contributed by atoms with E-state index in [1.54, 1.807) is 25.1 Å². The fourth-order valence-electron chi connectivity index (χ4n) is 2.97. The first-order valence-corrected chi connectivity index (χ1v) is 10.0. The Morgan fingerprint density at radius 2 is 1.86 bits per heavy atom. The van der Waals surface area contributed by atoms with Gasteiger partial charge in [0, 0.05) is 10.0 Å². The number of hydrogen-bond donors (Lipinski definition) is 1. The van der Waals surface area contributed by atoms with Gasteiger partial charge in [-0.1, -0.05) is 35.0 Å². The molecule has 2 aromatic carbocycles. The lowest BCUT2D eigenvalue weighted by molar-refractivity contribution is -0.122. The molecule has 6 nitrogen and oxygen atoms in total. The third kappa shape index (κ3) is 4.40. The van der Waals surface area contributed by atoms with Crippen LogP contribution in [0.2, 0.25) is 0 Å². The van der Waals surface area contributed by atoms with E-state index in [1.807, 2.05) is 32.0 Å². The minimum Gasteiger partial charge on any atom is -0.493 e. The van der Waals surface area contributed by atoms with Crippen LogP contribution in [0.15, 0.2) is 46.4 Å². The lowest BCUT2D eigenvalue weighted by Gasteiger charge is -2.28. The van der Waals surface area contributed by atoms with Crippen molar-refractivity contribution in [2.24, 2.45) is 0 Å². The van der Waals surface area contributed by atoms with E-state index in [-0.39, 0.29) is 5.57 Å². The Balaban J connectivity index is 2.07. The lowest BCUT2D eigenvalue weighted by Crippen LogP contribution is -2.54. The molecule has 0 aromatic heterocycles. The van der Waals surface area contributed by atoms with Crippen LogP contribution in [0.5, 0.6) is 5.75 Å². The summed E-state index contributed by atoms with van der Waals surface area (Å²) in [6.45, 7) is 6.17. The van der Waals surface area contributed by atoms with Crippen molar-refractivity contribution in [3.05, 3.63) is 63.1 Å². The number of ether oxygens (including phenoxy) is 1. The van der Waals surface area contributed by atoms with Crippen molar-refractivity contribution in [1.29, 1.82) is 0 Å². The molecular weight excluding hydrogens is 436 g/mol. The Labute approximate surface area is 177 Å². The third-order valence-corrected chi connectivity index (χ3v) is 4.93. The van der Waals surface area contributed by atoms with Crippen LogP contribution in [0.25, 0.3) is 6.08 Å². The second-order valence-corrected chi connectivity index (χ2v) is 7.69. The number of nitrogens with zero attached hydrogens (tertiary/aromatic N) is 1. The van der Waals surface area contributed by atoms with Gasteiger partial charge in [-0.15, -0.1) is 0 Å². The Hall–Kier alpha value is -2.93. The second-order valence-electron chi connectivity index (χ2n) is 6.78. The SMILES string of the molecule is CCCOc1ccc(Br)cc1/C=C1\C(=O)NC(=O)N(c2cc(C)ccc2C)C1=O. The quantitative estimate of drug-likeness (QED) is 0.529. The number of amides is 4. The van der Waals surface area contributed by atoms with Gasteiger partial charge in [0.25, 0.3) is 11.8 Å². The third-order valence-electron chi connectivity index (χ3n) is 4.44. The molecule has 29 heavy (non-hydrogen) atoms. The Morgan fingerprint density at radius 1 is 1.10 bits per heavy atom. The molecule has 0 saturated carbocycles. The van der Waals surface area contributed by atoms with Crippen LogP contribution in [0.1, 0.15) is 30.0 Å². The van der Waals surface area contributed by atoms with E-state index in [0.717, 1.165) is 26.9 Å². The van der Waals surface area contributed by atoms with Gasteiger partial charge < -0.3 is 4.74 Å². The molecule has 0 atom stereocenters. The minimum atomic E-state index is -0.762. The molecule has 1 aliphatic rings. The van der Waals surface area contributed by atoms with Crippen LogP contribution in [0, 0.1) is 13.8 Å². The van der Waals surface area contributed by atoms with Gasteiger partial charge in [-0.25, -0.2) is 9.69 Å². The van der Waals surface area contributed by atoms with Gasteiger partial charge >= 0.3 is 6.03 Å². The molecule has 0 spiro atoms. The zero-order valence-electron chi connectivity index (χ0n) is 16.4. The molecule has 1 heterocycles. The van der Waals surface area contributed by atoms with Crippen molar-refractivity contribution in [3.8, 4) is 5.75 Å². The Kier molecular flexibility index (Phi) is 6.17. The van der Waals surface area contributed by atoms with Gasteiger partial charge in [0.2, 0.25) is 0 Å². The molecule has 0 radical (unpaired) electrons. The number of nitrogens with one attached hydrogen (secondary N) is 1. The van der Waals surface area contributed by atoms with Crippen LogP contribution in [0.3, 0.4) is 0 Å². The maximum Gasteiger partial charge on any atom is 0.335 e. The molecule has 1 N–H and O–H groups in total. The highest BCUT2D eigenvalue weighted by Crippen LogP contribution is 2.29. The first-order valence-electron chi connectivity index (χ1n) is 9.23. The van der Waals surface area contributed by atoms with Gasteiger partial charge in [-0.05, 0) is 61.7 Å². The maximum absolute atomic E-state index is 13.1. The van der Waals surface area contributed by atoms with Crippen LogP contribution in [0.4, 0.5) is 10.5 Å². The van der Waals surface area contributed by atoms with Gasteiger partial charge in [0.1, 0.15) is 11.3 Å². The molecule has 0 bridgehead atoms. The van der Waals surface area contributed by atoms with E-state index in [2.05, 4.69) is 21.2 Å². The summed E-state index contributed by atoms with van der Waals surface area (Å²) < 4.78 is 6.51. The van der Waals surface area contributed by atoms with Crippen LogP contribution >= 0.6 is 15.9 Å². The number of rotatable bonds is 5. The predicted octanol–water partition coefficient (Wildman–Crippen LogP) is 4.52. The average molecular weight is 457 g/mol. The maximum atomic E-state index is 13.1. The van der Waals surface area contributed by atoms with Crippen molar-refractivity contribution in [2.45, 2.75) is 27.2 Å². The van der Waals surface area contributed by atoms with Gasteiger partial charge in [0.05, 0.1) is 12.3 Å². The number of anilines is 1. The number of carbonyl (C=O) groups excluding carboxylic acids is 3. The molecule has 2 aromatic rings. The summed E-state index contributed by atoms with van der Waals surface area (Å²) in [7, 11) is 0. The zero-order chi connectivity index (χ0) is 21.1. The fraction of sp³-hybridized carbons (Fsp3) is 0.227. The monoisotopic (exact) mass is 456 g/mol. The fourth-order valence-corrected chi connectivity index (χ4v) is 3.35. The highest BCUT2D eigenvalue weighted by molar-refractivity contribution is 9.10. The van der Waals surface area contributed by atoms with Crippen LogP contribution in [-0.2, 0) is 9.59 Å². The molecule has 1 aliphatic heterocycles. The van der Waals surface area contributed by atoms with E-state index in [1.165, 1.54) is 6.08 Å². The molecule has 1 fully saturated rings. The number of urea groups is 1. The lowest BCUT2D eigenvalue weighted by atomic mass is 10.0. The van der Waals surface area contributed by atoms with E-state index in [4.69, 9.17) is 4.74 Å². The Bertz CT molecular complexity index is 1030. The number of carbonyl (C=O) groups is 3. The normalized spacial score (nSPS) is 15.7. The smallest absolute Gasteiger partial charge is 0.335 e. The number of imide groups is 2. The van der Waals surface area contributed by atoms with Gasteiger partial charge in [-0.3, -0.25) is 14.9 Å². The highest BCUT2D eigenvalue weighted by atomic mass is 79.9. The number of benzene rings is 2. The minimum absolute atomic E-state index is 0.134. The topological polar surface area (TPSA) is 75.7 Å². The summed E-state index contributed by atoms with van der Waals surface area (Å²) in [6.07, 6.45) is 2.28. The van der Waals surface area contributed by atoms with E-state index >= 15 is 0 Å². The van der Waals surface area contributed by atoms with Crippen molar-refractivity contribution in [3.63, 3.8) is 0 Å². The summed E-state index contributed by atoms with van der Waals surface area (Å²) in [5.41, 5.74) is 2.53. The summed E-state index contributed by atoms with van der Waals surface area (Å²) >= 11 is 3.40. The molecule has 0 unspecified atom stereocenters. The molecule has 4 amide bonds. The first kappa shape index (κ1) is 20.8. The molecular formula is C22H21BrN2O4. The molecule has 7 heteroatoms. The predicted molar refractivity (Wildman–Crippen MR) is 115 cm³/mol. The van der Waals surface area contributed by atoms with Crippen molar-refractivity contribution >= 4 is 45.5 Å². The van der Waals surface area contributed by atoms with Gasteiger partial charge in [-0.2, -0.15) is 0 Å². The molecule has 150 valence electrons.